The lowest BCUT2D eigenvalue weighted by atomic mass is 9.96. The van der Waals surface area contributed by atoms with Gasteiger partial charge in [-0.1, -0.05) is 19.1 Å². The maximum Gasteiger partial charge on any atom is 0.295 e. The van der Waals surface area contributed by atoms with Crippen molar-refractivity contribution in [1.29, 1.82) is 0 Å². The number of nitrogens with zero attached hydrogens (tertiary/aromatic N) is 2. The first-order chi connectivity index (χ1) is 16.5. The SMILES string of the molecule is CCCOc1ccc(/C(O)=C2/C(=O)C(=O)N(Cc3cccc(OC)c3)C2c2ccncc2)cc1. The van der Waals surface area contributed by atoms with Gasteiger partial charge in [-0.2, -0.15) is 0 Å². The average molecular weight is 459 g/mol. The van der Waals surface area contributed by atoms with Crippen molar-refractivity contribution in [3.05, 3.63) is 95.3 Å². The predicted octanol–water partition coefficient (Wildman–Crippen LogP) is 4.50. The Morgan fingerprint density at radius 1 is 1.03 bits per heavy atom. The molecule has 1 saturated heterocycles. The van der Waals surface area contributed by atoms with Crippen molar-refractivity contribution < 1.29 is 24.2 Å². The summed E-state index contributed by atoms with van der Waals surface area (Å²) in [6.45, 7) is 2.78. The molecule has 7 nitrogen and oxygen atoms in total. The van der Waals surface area contributed by atoms with E-state index in [2.05, 4.69) is 4.98 Å². The molecular formula is C27H26N2O5. The highest BCUT2D eigenvalue weighted by Gasteiger charge is 2.46. The zero-order valence-corrected chi connectivity index (χ0v) is 19.1. The normalized spacial score (nSPS) is 17.1. The van der Waals surface area contributed by atoms with Crippen LogP contribution >= 0.6 is 0 Å². The topological polar surface area (TPSA) is 89.0 Å². The summed E-state index contributed by atoms with van der Waals surface area (Å²) >= 11 is 0. The van der Waals surface area contributed by atoms with E-state index in [1.54, 1.807) is 55.9 Å². The zero-order chi connectivity index (χ0) is 24.1. The van der Waals surface area contributed by atoms with Gasteiger partial charge in [0.2, 0.25) is 0 Å². The van der Waals surface area contributed by atoms with E-state index in [0.29, 0.717) is 29.2 Å². The number of aliphatic hydroxyl groups excluding tert-OH is 1. The number of aromatic nitrogens is 1. The number of hydrogen-bond acceptors (Lipinski definition) is 6. The second-order valence-electron chi connectivity index (χ2n) is 7.93. The van der Waals surface area contributed by atoms with Crippen molar-refractivity contribution in [2.75, 3.05) is 13.7 Å². The molecule has 7 heteroatoms. The molecule has 0 aliphatic carbocycles. The van der Waals surface area contributed by atoms with E-state index in [1.807, 2.05) is 31.2 Å². The molecule has 1 aliphatic rings. The highest BCUT2D eigenvalue weighted by atomic mass is 16.5. The third-order valence-corrected chi connectivity index (χ3v) is 5.65. The summed E-state index contributed by atoms with van der Waals surface area (Å²) in [6.07, 6.45) is 4.08. The molecule has 3 aromatic rings. The smallest absolute Gasteiger partial charge is 0.295 e. The van der Waals surface area contributed by atoms with Gasteiger partial charge >= 0.3 is 0 Å². The van der Waals surface area contributed by atoms with Crippen LogP contribution in [0.2, 0.25) is 0 Å². The fourth-order valence-electron chi connectivity index (χ4n) is 3.99. The third-order valence-electron chi connectivity index (χ3n) is 5.65. The van der Waals surface area contributed by atoms with Crippen molar-refractivity contribution in [2.24, 2.45) is 0 Å². The summed E-state index contributed by atoms with van der Waals surface area (Å²) < 4.78 is 10.9. The number of likely N-dealkylation sites (tertiary alicyclic amines) is 1. The number of pyridine rings is 1. The van der Waals surface area contributed by atoms with Crippen LogP contribution in [0.4, 0.5) is 0 Å². The van der Waals surface area contributed by atoms with Gasteiger partial charge in [-0.05, 0) is 66.1 Å². The Morgan fingerprint density at radius 3 is 2.44 bits per heavy atom. The van der Waals surface area contributed by atoms with Crippen molar-refractivity contribution >= 4 is 17.4 Å². The Labute approximate surface area is 198 Å². The van der Waals surface area contributed by atoms with Crippen molar-refractivity contribution in [2.45, 2.75) is 25.9 Å². The number of amides is 1. The number of benzene rings is 2. The number of aliphatic hydroxyl groups is 1. The minimum absolute atomic E-state index is 0.0429. The van der Waals surface area contributed by atoms with Crippen molar-refractivity contribution in [3.8, 4) is 11.5 Å². The summed E-state index contributed by atoms with van der Waals surface area (Å²) in [5, 5.41) is 11.2. The summed E-state index contributed by atoms with van der Waals surface area (Å²) in [4.78, 5) is 31.8. The standard InChI is InChI=1S/C27H26N2O5/c1-3-15-34-21-9-7-20(8-10-21)25(30)23-24(19-11-13-28-14-12-19)29(27(32)26(23)31)17-18-5-4-6-22(16-18)33-2/h4-14,16,24,30H,3,15,17H2,1-2H3/b25-23-. The number of rotatable bonds is 8. The Kier molecular flexibility index (Phi) is 6.92. The van der Waals surface area contributed by atoms with Gasteiger partial charge in [0.15, 0.2) is 0 Å². The lowest BCUT2D eigenvalue weighted by Crippen LogP contribution is -2.29. The maximum atomic E-state index is 13.2. The molecule has 1 fully saturated rings. The first kappa shape index (κ1) is 23.0. The summed E-state index contributed by atoms with van der Waals surface area (Å²) in [6, 6.07) is 16.9. The van der Waals surface area contributed by atoms with Crippen LogP contribution in [0.25, 0.3) is 5.76 Å². The molecule has 1 aliphatic heterocycles. The molecule has 1 unspecified atom stereocenters. The largest absolute Gasteiger partial charge is 0.507 e. The number of methoxy groups -OCH3 is 1. The molecule has 0 saturated carbocycles. The van der Waals surface area contributed by atoms with Crippen LogP contribution in [0.1, 0.15) is 36.1 Å². The van der Waals surface area contributed by atoms with Gasteiger partial charge in [-0.25, -0.2) is 0 Å². The van der Waals surface area contributed by atoms with Crippen LogP contribution in [0.3, 0.4) is 0 Å². The van der Waals surface area contributed by atoms with Crippen LogP contribution in [0, 0.1) is 0 Å². The van der Waals surface area contributed by atoms with E-state index in [0.717, 1.165) is 12.0 Å². The zero-order valence-electron chi connectivity index (χ0n) is 19.1. The van der Waals surface area contributed by atoms with E-state index < -0.39 is 17.7 Å². The highest BCUT2D eigenvalue weighted by molar-refractivity contribution is 6.46. The second-order valence-corrected chi connectivity index (χ2v) is 7.93. The Balaban J connectivity index is 1.76. The molecule has 0 radical (unpaired) electrons. The molecule has 2 heterocycles. The van der Waals surface area contributed by atoms with Gasteiger partial charge in [0.25, 0.3) is 11.7 Å². The van der Waals surface area contributed by atoms with Crippen LogP contribution in [-0.2, 0) is 16.1 Å². The molecule has 4 rings (SSSR count). The van der Waals surface area contributed by atoms with Crippen LogP contribution < -0.4 is 9.47 Å². The fourth-order valence-corrected chi connectivity index (χ4v) is 3.99. The van der Waals surface area contributed by atoms with Crippen molar-refractivity contribution in [3.63, 3.8) is 0 Å². The molecule has 0 bridgehead atoms. The lowest BCUT2D eigenvalue weighted by molar-refractivity contribution is -0.140. The number of hydrogen-bond donors (Lipinski definition) is 1. The van der Waals surface area contributed by atoms with Crippen molar-refractivity contribution in [1.82, 2.24) is 9.88 Å². The van der Waals surface area contributed by atoms with Crippen LogP contribution in [0.15, 0.2) is 78.6 Å². The third kappa shape index (κ3) is 4.64. The van der Waals surface area contributed by atoms with Gasteiger partial charge in [0.1, 0.15) is 17.3 Å². The first-order valence-electron chi connectivity index (χ1n) is 11.1. The summed E-state index contributed by atoms with van der Waals surface area (Å²) in [7, 11) is 1.57. The molecule has 1 amide bonds. The number of ketones is 1. The Hall–Kier alpha value is -4.13. The molecule has 1 atom stereocenters. The van der Waals surface area contributed by atoms with Gasteiger partial charge in [0.05, 0.1) is 25.3 Å². The second kappa shape index (κ2) is 10.2. The van der Waals surface area contributed by atoms with Gasteiger partial charge in [-0.3, -0.25) is 14.6 Å². The van der Waals surface area contributed by atoms with Gasteiger partial charge in [-0.15, -0.1) is 0 Å². The van der Waals surface area contributed by atoms with E-state index in [9.17, 15) is 14.7 Å². The number of carbonyl (C=O) groups is 2. The Morgan fingerprint density at radius 2 is 1.76 bits per heavy atom. The maximum absolute atomic E-state index is 13.2. The van der Waals surface area contributed by atoms with E-state index in [4.69, 9.17) is 9.47 Å². The van der Waals surface area contributed by atoms with E-state index >= 15 is 0 Å². The lowest BCUT2D eigenvalue weighted by Gasteiger charge is -2.25. The molecule has 1 aromatic heterocycles. The number of carbonyl (C=O) groups excluding carboxylic acids is 2. The summed E-state index contributed by atoms with van der Waals surface area (Å²) in [5.74, 6) is -0.305. The Bertz CT molecular complexity index is 1210. The summed E-state index contributed by atoms with van der Waals surface area (Å²) in [5.41, 5.74) is 1.96. The van der Waals surface area contributed by atoms with Crippen LogP contribution in [-0.4, -0.2) is 40.4 Å². The average Bonchev–Trinajstić information content (AvgIpc) is 3.13. The highest BCUT2D eigenvalue weighted by Crippen LogP contribution is 2.40. The predicted molar refractivity (Wildman–Crippen MR) is 127 cm³/mol. The minimum atomic E-state index is -0.759. The monoisotopic (exact) mass is 458 g/mol. The molecule has 0 spiro atoms. The van der Waals surface area contributed by atoms with Gasteiger partial charge < -0.3 is 19.5 Å². The first-order valence-corrected chi connectivity index (χ1v) is 11.1. The molecular weight excluding hydrogens is 432 g/mol. The van der Waals surface area contributed by atoms with E-state index in [1.165, 1.54) is 4.90 Å². The quantitative estimate of drug-likeness (QED) is 0.304. The molecule has 34 heavy (non-hydrogen) atoms. The minimum Gasteiger partial charge on any atom is -0.507 e. The van der Waals surface area contributed by atoms with E-state index in [-0.39, 0.29) is 17.9 Å². The molecule has 174 valence electrons. The molecule has 2 aromatic carbocycles. The molecule has 1 N–H and O–H groups in total. The number of Topliss-reactive ketones (excluding diaryl/α,β-unsaturated/α-hetero) is 1. The van der Waals surface area contributed by atoms with Crippen LogP contribution in [0.5, 0.6) is 11.5 Å². The fraction of sp³-hybridized carbons (Fsp3) is 0.222. The van der Waals surface area contributed by atoms with Gasteiger partial charge in [0, 0.05) is 24.5 Å². The number of ether oxygens (including phenoxy) is 2.